The highest BCUT2D eigenvalue weighted by atomic mass is 16.5. The van der Waals surface area contributed by atoms with E-state index in [1.54, 1.807) is 19.4 Å². The third-order valence-electron chi connectivity index (χ3n) is 2.97. The van der Waals surface area contributed by atoms with Crippen LogP contribution in [0, 0.1) is 0 Å². The SMILES string of the molecule is C=CCN(CCO)c1nccc2ccc(OC)cc12. The summed E-state index contributed by atoms with van der Waals surface area (Å²) in [6.45, 7) is 4.99. The van der Waals surface area contributed by atoms with Crippen molar-refractivity contribution in [2.45, 2.75) is 0 Å². The fraction of sp³-hybridized carbons (Fsp3) is 0.267. The number of rotatable bonds is 6. The summed E-state index contributed by atoms with van der Waals surface area (Å²) in [6, 6.07) is 7.86. The molecule has 0 fully saturated rings. The molecule has 0 aliphatic rings. The van der Waals surface area contributed by atoms with Gasteiger partial charge in [0, 0.05) is 24.7 Å². The molecule has 1 aromatic carbocycles. The number of benzene rings is 1. The molecule has 19 heavy (non-hydrogen) atoms. The van der Waals surface area contributed by atoms with Crippen LogP contribution < -0.4 is 9.64 Å². The van der Waals surface area contributed by atoms with Gasteiger partial charge < -0.3 is 14.7 Å². The fourth-order valence-corrected chi connectivity index (χ4v) is 2.07. The van der Waals surface area contributed by atoms with Crippen LogP contribution in [0.4, 0.5) is 5.82 Å². The second-order valence-corrected chi connectivity index (χ2v) is 4.18. The number of methoxy groups -OCH3 is 1. The van der Waals surface area contributed by atoms with Crippen LogP contribution in [0.15, 0.2) is 43.1 Å². The molecule has 1 N–H and O–H groups in total. The van der Waals surface area contributed by atoms with Crippen molar-refractivity contribution in [1.29, 1.82) is 0 Å². The van der Waals surface area contributed by atoms with Crippen molar-refractivity contribution in [3.63, 3.8) is 0 Å². The first-order valence-corrected chi connectivity index (χ1v) is 6.19. The van der Waals surface area contributed by atoms with Crippen molar-refractivity contribution in [2.75, 3.05) is 31.7 Å². The minimum Gasteiger partial charge on any atom is -0.497 e. The molecular formula is C15H18N2O2. The second-order valence-electron chi connectivity index (χ2n) is 4.18. The summed E-state index contributed by atoms with van der Waals surface area (Å²) >= 11 is 0. The Bertz CT molecular complexity index is 569. The molecule has 0 atom stereocenters. The molecule has 1 aromatic heterocycles. The lowest BCUT2D eigenvalue weighted by atomic mass is 10.1. The number of aromatic nitrogens is 1. The van der Waals surface area contributed by atoms with E-state index >= 15 is 0 Å². The molecule has 4 heteroatoms. The van der Waals surface area contributed by atoms with Gasteiger partial charge in [-0.05, 0) is 23.6 Å². The molecule has 0 saturated carbocycles. The third kappa shape index (κ3) is 2.85. The second kappa shape index (κ2) is 6.20. The normalized spacial score (nSPS) is 10.4. The van der Waals surface area contributed by atoms with Crippen LogP contribution in [0.1, 0.15) is 0 Å². The lowest BCUT2D eigenvalue weighted by Gasteiger charge is -2.22. The van der Waals surface area contributed by atoms with Gasteiger partial charge in [0.05, 0.1) is 13.7 Å². The van der Waals surface area contributed by atoms with Crippen molar-refractivity contribution in [1.82, 2.24) is 4.98 Å². The number of hydrogen-bond acceptors (Lipinski definition) is 4. The molecule has 0 amide bonds. The molecule has 0 saturated heterocycles. The van der Waals surface area contributed by atoms with Crippen molar-refractivity contribution in [3.8, 4) is 5.75 Å². The lowest BCUT2D eigenvalue weighted by molar-refractivity contribution is 0.303. The minimum atomic E-state index is 0.0792. The van der Waals surface area contributed by atoms with E-state index in [1.807, 2.05) is 29.2 Å². The van der Waals surface area contributed by atoms with Crippen LogP contribution in [0.2, 0.25) is 0 Å². The van der Waals surface area contributed by atoms with E-state index in [2.05, 4.69) is 11.6 Å². The highest BCUT2D eigenvalue weighted by Gasteiger charge is 2.10. The highest BCUT2D eigenvalue weighted by Crippen LogP contribution is 2.27. The first-order chi connectivity index (χ1) is 9.30. The van der Waals surface area contributed by atoms with Crippen LogP contribution in [0.3, 0.4) is 0 Å². The highest BCUT2D eigenvalue weighted by molar-refractivity contribution is 5.93. The van der Waals surface area contributed by atoms with Crippen LogP contribution in [0.5, 0.6) is 5.75 Å². The fourth-order valence-electron chi connectivity index (χ4n) is 2.07. The minimum absolute atomic E-state index is 0.0792. The maximum absolute atomic E-state index is 9.17. The van der Waals surface area contributed by atoms with E-state index in [4.69, 9.17) is 9.84 Å². The number of hydrogen-bond donors (Lipinski definition) is 1. The zero-order chi connectivity index (χ0) is 13.7. The van der Waals surface area contributed by atoms with E-state index in [1.165, 1.54) is 0 Å². The molecule has 4 nitrogen and oxygen atoms in total. The van der Waals surface area contributed by atoms with Gasteiger partial charge in [0.25, 0.3) is 0 Å². The van der Waals surface area contributed by atoms with Crippen molar-refractivity contribution < 1.29 is 9.84 Å². The van der Waals surface area contributed by atoms with Gasteiger partial charge in [-0.1, -0.05) is 12.1 Å². The zero-order valence-electron chi connectivity index (χ0n) is 11.0. The number of pyridine rings is 1. The molecule has 2 rings (SSSR count). The largest absolute Gasteiger partial charge is 0.497 e. The summed E-state index contributed by atoms with van der Waals surface area (Å²) < 4.78 is 5.26. The Morgan fingerprint density at radius 2 is 2.26 bits per heavy atom. The average molecular weight is 258 g/mol. The van der Waals surface area contributed by atoms with Gasteiger partial charge in [-0.25, -0.2) is 4.98 Å². The van der Waals surface area contributed by atoms with Gasteiger partial charge in [-0.2, -0.15) is 0 Å². The first kappa shape index (κ1) is 13.4. The summed E-state index contributed by atoms with van der Waals surface area (Å²) in [5.74, 6) is 1.63. The molecule has 0 radical (unpaired) electrons. The van der Waals surface area contributed by atoms with Crippen LogP contribution in [0.25, 0.3) is 10.8 Å². The Kier molecular flexibility index (Phi) is 4.36. The summed E-state index contributed by atoms with van der Waals surface area (Å²) in [7, 11) is 1.65. The predicted octanol–water partition coefficient (Wildman–Crippen LogP) is 2.23. The molecule has 0 unspecified atom stereocenters. The van der Waals surface area contributed by atoms with Gasteiger partial charge in [-0.3, -0.25) is 0 Å². The molecule has 0 bridgehead atoms. The van der Waals surface area contributed by atoms with E-state index < -0.39 is 0 Å². The number of aliphatic hydroxyl groups excluding tert-OH is 1. The monoisotopic (exact) mass is 258 g/mol. The predicted molar refractivity (Wildman–Crippen MR) is 77.8 cm³/mol. The quantitative estimate of drug-likeness (QED) is 0.807. The Morgan fingerprint density at radius 3 is 2.95 bits per heavy atom. The van der Waals surface area contributed by atoms with Crippen molar-refractivity contribution >= 4 is 16.6 Å². The molecule has 2 aromatic rings. The van der Waals surface area contributed by atoms with Gasteiger partial charge >= 0.3 is 0 Å². The van der Waals surface area contributed by atoms with Crippen LogP contribution in [-0.4, -0.2) is 36.9 Å². The topological polar surface area (TPSA) is 45.6 Å². The number of aliphatic hydroxyl groups is 1. The van der Waals surface area contributed by atoms with Gasteiger partial charge in [0.1, 0.15) is 11.6 Å². The van der Waals surface area contributed by atoms with E-state index in [0.29, 0.717) is 13.1 Å². The van der Waals surface area contributed by atoms with Crippen LogP contribution in [-0.2, 0) is 0 Å². The summed E-state index contributed by atoms with van der Waals surface area (Å²) in [6.07, 6.45) is 3.58. The summed E-state index contributed by atoms with van der Waals surface area (Å²) in [5, 5.41) is 11.3. The number of nitrogens with zero attached hydrogens (tertiary/aromatic N) is 2. The smallest absolute Gasteiger partial charge is 0.136 e. The molecule has 0 aliphatic heterocycles. The summed E-state index contributed by atoms with van der Waals surface area (Å²) in [5.41, 5.74) is 0. The van der Waals surface area contributed by atoms with Crippen molar-refractivity contribution in [3.05, 3.63) is 43.1 Å². The first-order valence-electron chi connectivity index (χ1n) is 6.19. The van der Waals surface area contributed by atoms with Gasteiger partial charge in [-0.15, -0.1) is 6.58 Å². The standard InChI is InChI=1S/C15H18N2O2/c1-3-8-17(9-10-18)15-14-11-13(19-2)5-4-12(14)6-7-16-15/h3-7,11,18H,1,8-10H2,2H3. The number of ether oxygens (including phenoxy) is 1. The Morgan fingerprint density at radius 1 is 1.42 bits per heavy atom. The molecule has 1 heterocycles. The maximum atomic E-state index is 9.17. The van der Waals surface area contributed by atoms with E-state index in [9.17, 15) is 0 Å². The van der Waals surface area contributed by atoms with Crippen LogP contribution >= 0.6 is 0 Å². The Balaban J connectivity index is 2.53. The molecule has 100 valence electrons. The van der Waals surface area contributed by atoms with E-state index in [-0.39, 0.29) is 6.61 Å². The molecule has 0 aliphatic carbocycles. The average Bonchev–Trinajstić information content (AvgIpc) is 2.46. The van der Waals surface area contributed by atoms with Gasteiger partial charge in [0.2, 0.25) is 0 Å². The van der Waals surface area contributed by atoms with Gasteiger partial charge in [0.15, 0.2) is 0 Å². The zero-order valence-corrected chi connectivity index (χ0v) is 11.0. The number of fused-ring (bicyclic) bond motifs is 1. The number of anilines is 1. The molecule has 0 spiro atoms. The maximum Gasteiger partial charge on any atom is 0.136 e. The van der Waals surface area contributed by atoms with E-state index in [0.717, 1.165) is 22.3 Å². The Labute approximate surface area is 113 Å². The lowest BCUT2D eigenvalue weighted by Crippen LogP contribution is -2.27. The molecular weight excluding hydrogens is 240 g/mol. The summed E-state index contributed by atoms with van der Waals surface area (Å²) in [4.78, 5) is 6.43. The van der Waals surface area contributed by atoms with Crippen molar-refractivity contribution in [2.24, 2.45) is 0 Å². The Hall–Kier alpha value is -2.07. The third-order valence-corrected chi connectivity index (χ3v) is 2.97.